The van der Waals surface area contributed by atoms with Crippen molar-refractivity contribution in [1.82, 2.24) is 15.1 Å². The number of rotatable bonds is 6. The van der Waals surface area contributed by atoms with Gasteiger partial charge in [-0.15, -0.1) is 0 Å². The average Bonchev–Trinajstić information content (AvgIpc) is 2.92. The first-order chi connectivity index (χ1) is 16.6. The van der Waals surface area contributed by atoms with Gasteiger partial charge in [0, 0.05) is 31.7 Å². The van der Waals surface area contributed by atoms with E-state index in [0.29, 0.717) is 42.8 Å². The smallest absolute Gasteiger partial charge is 0.257 e. The lowest BCUT2D eigenvalue weighted by molar-refractivity contribution is -0.136. The van der Waals surface area contributed by atoms with E-state index in [1.54, 1.807) is 31.4 Å². The fraction of sp³-hybridized carbons (Fsp3) is 0.444. The number of carbonyl (C=O) groups excluding carboxylic acids is 3. The molecule has 1 N–H and O–H groups in total. The first kappa shape index (κ1) is 23.8. The van der Waals surface area contributed by atoms with E-state index in [-0.39, 0.29) is 23.6 Å². The maximum Gasteiger partial charge on any atom is 0.257 e. The number of likely N-dealkylation sites (tertiary alicyclic amines) is 2. The van der Waals surface area contributed by atoms with Crippen LogP contribution in [0.4, 0.5) is 0 Å². The van der Waals surface area contributed by atoms with Crippen molar-refractivity contribution in [2.75, 3.05) is 33.3 Å². The molecule has 0 saturated carbocycles. The maximum atomic E-state index is 13.5. The highest BCUT2D eigenvalue weighted by Gasteiger charge is 2.36. The zero-order valence-electron chi connectivity index (χ0n) is 19.7. The number of benzene rings is 2. The summed E-state index contributed by atoms with van der Waals surface area (Å²) in [5.41, 5.74) is 1.09. The van der Waals surface area contributed by atoms with E-state index >= 15 is 0 Å². The summed E-state index contributed by atoms with van der Waals surface area (Å²) in [6.07, 6.45) is 4.43. The lowest BCUT2D eigenvalue weighted by atomic mass is 9.87. The fourth-order valence-corrected chi connectivity index (χ4v) is 4.93. The number of hydrogen-bond acceptors (Lipinski definition) is 4. The van der Waals surface area contributed by atoms with Gasteiger partial charge in [-0.1, -0.05) is 30.3 Å². The summed E-state index contributed by atoms with van der Waals surface area (Å²) < 4.78 is 5.36. The van der Waals surface area contributed by atoms with Crippen molar-refractivity contribution >= 4 is 17.7 Å². The van der Waals surface area contributed by atoms with E-state index in [9.17, 15) is 14.4 Å². The molecule has 0 spiro atoms. The Hall–Kier alpha value is -3.35. The van der Waals surface area contributed by atoms with Crippen LogP contribution < -0.4 is 10.1 Å². The van der Waals surface area contributed by atoms with Gasteiger partial charge in [-0.3, -0.25) is 14.4 Å². The van der Waals surface area contributed by atoms with Crippen LogP contribution in [0, 0.1) is 5.92 Å². The number of amides is 3. The predicted octanol–water partition coefficient (Wildman–Crippen LogP) is 3.36. The normalized spacial score (nSPS) is 17.7. The van der Waals surface area contributed by atoms with Gasteiger partial charge in [-0.25, -0.2) is 0 Å². The van der Waals surface area contributed by atoms with Crippen LogP contribution in [-0.4, -0.2) is 66.9 Å². The summed E-state index contributed by atoms with van der Waals surface area (Å²) in [7, 11) is 1.56. The van der Waals surface area contributed by atoms with E-state index < -0.39 is 6.04 Å². The number of nitrogens with one attached hydrogen (secondary N) is 1. The molecular weight excluding hydrogens is 430 g/mol. The molecule has 180 valence electrons. The van der Waals surface area contributed by atoms with Gasteiger partial charge in [-0.2, -0.15) is 0 Å². The van der Waals surface area contributed by atoms with Crippen LogP contribution in [0.15, 0.2) is 54.6 Å². The highest BCUT2D eigenvalue weighted by molar-refractivity contribution is 5.98. The van der Waals surface area contributed by atoms with Gasteiger partial charge in [0.05, 0.1) is 12.7 Å². The van der Waals surface area contributed by atoms with Crippen LogP contribution >= 0.6 is 0 Å². The van der Waals surface area contributed by atoms with Crippen molar-refractivity contribution < 1.29 is 19.1 Å². The van der Waals surface area contributed by atoms with Gasteiger partial charge in [0.1, 0.15) is 11.8 Å². The molecule has 7 nitrogen and oxygen atoms in total. The molecule has 34 heavy (non-hydrogen) atoms. The molecule has 0 aromatic heterocycles. The molecule has 1 atom stereocenters. The van der Waals surface area contributed by atoms with Crippen LogP contribution in [0.25, 0.3) is 0 Å². The molecule has 0 bridgehead atoms. The van der Waals surface area contributed by atoms with Crippen molar-refractivity contribution in [3.8, 4) is 5.75 Å². The minimum Gasteiger partial charge on any atom is -0.496 e. The summed E-state index contributed by atoms with van der Waals surface area (Å²) in [5, 5.41) is 3.04. The Kier molecular flexibility index (Phi) is 7.83. The lowest BCUT2D eigenvalue weighted by Gasteiger charge is -2.38. The average molecular weight is 464 g/mol. The molecule has 2 aliphatic heterocycles. The highest BCUT2D eigenvalue weighted by atomic mass is 16.5. The summed E-state index contributed by atoms with van der Waals surface area (Å²) in [4.78, 5) is 43.3. The van der Waals surface area contributed by atoms with Crippen LogP contribution in [0.3, 0.4) is 0 Å². The lowest BCUT2D eigenvalue weighted by Crippen LogP contribution is -2.55. The van der Waals surface area contributed by atoms with Gasteiger partial charge >= 0.3 is 0 Å². The van der Waals surface area contributed by atoms with Crippen molar-refractivity contribution in [2.24, 2.45) is 5.92 Å². The summed E-state index contributed by atoms with van der Waals surface area (Å²) in [5.74, 6) is 0.233. The molecular formula is C27H33N3O4. The minimum atomic E-state index is -0.589. The summed E-state index contributed by atoms with van der Waals surface area (Å²) >= 11 is 0. The van der Waals surface area contributed by atoms with Gasteiger partial charge in [0.25, 0.3) is 11.8 Å². The van der Waals surface area contributed by atoms with Crippen molar-refractivity contribution in [3.63, 3.8) is 0 Å². The van der Waals surface area contributed by atoms with E-state index in [4.69, 9.17) is 4.74 Å². The van der Waals surface area contributed by atoms with Gasteiger partial charge in [-0.05, 0) is 62.3 Å². The molecule has 0 radical (unpaired) electrons. The van der Waals surface area contributed by atoms with E-state index in [1.165, 1.54) is 0 Å². The zero-order chi connectivity index (χ0) is 23.9. The Morgan fingerprint density at radius 1 is 0.853 bits per heavy atom. The number of piperidine rings is 2. The third-order valence-electron chi connectivity index (χ3n) is 6.89. The van der Waals surface area contributed by atoms with Crippen LogP contribution in [0.2, 0.25) is 0 Å². The number of hydrogen-bond donors (Lipinski definition) is 1. The zero-order valence-corrected chi connectivity index (χ0v) is 19.7. The van der Waals surface area contributed by atoms with Crippen LogP contribution in [-0.2, 0) is 4.79 Å². The second kappa shape index (κ2) is 11.2. The number of methoxy groups -OCH3 is 1. The predicted molar refractivity (Wildman–Crippen MR) is 130 cm³/mol. The molecule has 7 heteroatoms. The van der Waals surface area contributed by atoms with E-state index in [2.05, 4.69) is 5.32 Å². The van der Waals surface area contributed by atoms with Crippen molar-refractivity contribution in [2.45, 2.75) is 38.1 Å². The fourth-order valence-electron chi connectivity index (χ4n) is 4.93. The number of ether oxygens (including phenoxy) is 1. The van der Waals surface area contributed by atoms with Gasteiger partial charge in [0.15, 0.2) is 0 Å². The summed E-state index contributed by atoms with van der Waals surface area (Å²) in [6, 6.07) is 15.6. The molecule has 2 saturated heterocycles. The Balaban J connectivity index is 1.46. The molecule has 0 unspecified atom stereocenters. The molecule has 2 heterocycles. The van der Waals surface area contributed by atoms with E-state index in [0.717, 1.165) is 32.4 Å². The van der Waals surface area contributed by atoms with Gasteiger partial charge in [0.2, 0.25) is 5.91 Å². The molecule has 3 amide bonds. The monoisotopic (exact) mass is 463 g/mol. The SMILES string of the molecule is COc1ccccc1C(=O)N1CCC([C@@H](NC(=O)c2ccccc2)C(=O)N2CCCCC2)CC1. The standard InChI is InChI=1S/C27H33N3O4/c1-34-23-13-7-6-12-22(23)26(32)30-18-14-20(15-19-30)24(27(33)29-16-8-3-9-17-29)28-25(31)21-10-4-2-5-11-21/h2,4-7,10-13,20,24H,3,8-9,14-19H2,1H3,(H,28,31)/t24-/m1/s1. The first-order valence-electron chi connectivity index (χ1n) is 12.2. The molecule has 2 aromatic carbocycles. The first-order valence-corrected chi connectivity index (χ1v) is 12.2. The van der Waals surface area contributed by atoms with Gasteiger partial charge < -0.3 is 19.9 Å². The van der Waals surface area contributed by atoms with E-state index in [1.807, 2.05) is 40.1 Å². The second-order valence-electron chi connectivity index (χ2n) is 9.03. The number of para-hydroxylation sites is 1. The Labute approximate surface area is 201 Å². The third kappa shape index (κ3) is 5.41. The minimum absolute atomic E-state index is 0.00140. The Morgan fingerprint density at radius 3 is 2.18 bits per heavy atom. The van der Waals surface area contributed by atoms with Crippen LogP contribution in [0.5, 0.6) is 5.75 Å². The molecule has 2 aliphatic rings. The van der Waals surface area contributed by atoms with Crippen molar-refractivity contribution in [1.29, 1.82) is 0 Å². The Bertz CT molecular complexity index is 996. The number of carbonyl (C=O) groups is 3. The van der Waals surface area contributed by atoms with Crippen molar-refractivity contribution in [3.05, 3.63) is 65.7 Å². The number of nitrogens with zero attached hydrogens (tertiary/aromatic N) is 2. The quantitative estimate of drug-likeness (QED) is 0.713. The maximum absolute atomic E-state index is 13.5. The molecule has 2 aromatic rings. The molecule has 0 aliphatic carbocycles. The van der Waals surface area contributed by atoms with Crippen LogP contribution in [0.1, 0.15) is 52.8 Å². The molecule has 2 fully saturated rings. The summed E-state index contributed by atoms with van der Waals surface area (Å²) in [6.45, 7) is 2.54. The largest absolute Gasteiger partial charge is 0.496 e. The third-order valence-corrected chi connectivity index (χ3v) is 6.89. The second-order valence-corrected chi connectivity index (χ2v) is 9.03. The highest BCUT2D eigenvalue weighted by Crippen LogP contribution is 2.27. The topological polar surface area (TPSA) is 79.0 Å². The Morgan fingerprint density at radius 2 is 1.50 bits per heavy atom. The molecule has 4 rings (SSSR count).